The molecule has 0 aliphatic carbocycles. The van der Waals surface area contributed by atoms with Gasteiger partial charge in [0.05, 0.1) is 17.7 Å². The number of primary sulfonamides is 1. The molecule has 0 saturated carbocycles. The van der Waals surface area contributed by atoms with Crippen LogP contribution in [-0.4, -0.2) is 36.7 Å². The molecule has 0 unspecified atom stereocenters. The fourth-order valence-electron chi connectivity index (χ4n) is 3.06. The van der Waals surface area contributed by atoms with Gasteiger partial charge in [-0.3, -0.25) is 0 Å². The molecular formula is C21H21N5O3S. The molecule has 0 spiro atoms. The van der Waals surface area contributed by atoms with Crippen molar-refractivity contribution in [2.75, 3.05) is 19.0 Å². The van der Waals surface area contributed by atoms with Crippen LogP contribution in [0.5, 0.6) is 5.75 Å². The van der Waals surface area contributed by atoms with Gasteiger partial charge < -0.3 is 10.1 Å². The minimum atomic E-state index is -3.67. The molecule has 4 rings (SSSR count). The van der Waals surface area contributed by atoms with Gasteiger partial charge in [-0.2, -0.15) is 5.10 Å². The number of rotatable bonds is 7. The number of methoxy groups -OCH3 is 1. The van der Waals surface area contributed by atoms with Gasteiger partial charge in [-0.1, -0.05) is 12.1 Å². The summed E-state index contributed by atoms with van der Waals surface area (Å²) in [5.41, 5.74) is 3.56. The first-order valence-electron chi connectivity index (χ1n) is 9.29. The lowest BCUT2D eigenvalue weighted by Crippen LogP contribution is -2.12. The molecule has 2 heterocycles. The third kappa shape index (κ3) is 4.42. The van der Waals surface area contributed by atoms with Crippen molar-refractivity contribution in [3.63, 3.8) is 0 Å². The van der Waals surface area contributed by atoms with Crippen molar-refractivity contribution in [1.82, 2.24) is 14.6 Å². The van der Waals surface area contributed by atoms with Gasteiger partial charge in [0.2, 0.25) is 10.0 Å². The second-order valence-corrected chi connectivity index (χ2v) is 8.30. The average molecular weight is 423 g/mol. The van der Waals surface area contributed by atoms with Crippen molar-refractivity contribution in [3.8, 4) is 17.0 Å². The zero-order valence-electron chi connectivity index (χ0n) is 16.3. The number of hydrogen-bond acceptors (Lipinski definition) is 6. The summed E-state index contributed by atoms with van der Waals surface area (Å²) in [6.45, 7) is 0.650. The van der Waals surface area contributed by atoms with Gasteiger partial charge in [-0.25, -0.2) is 23.1 Å². The Morgan fingerprint density at radius 1 is 1.07 bits per heavy atom. The summed E-state index contributed by atoms with van der Waals surface area (Å²) in [7, 11) is -2.03. The van der Waals surface area contributed by atoms with Gasteiger partial charge in [0.15, 0.2) is 5.65 Å². The largest absolute Gasteiger partial charge is 0.497 e. The van der Waals surface area contributed by atoms with Crippen molar-refractivity contribution >= 4 is 21.5 Å². The van der Waals surface area contributed by atoms with Crippen LogP contribution < -0.4 is 15.2 Å². The summed E-state index contributed by atoms with van der Waals surface area (Å²) in [5, 5.41) is 13.0. The van der Waals surface area contributed by atoms with E-state index in [1.54, 1.807) is 23.8 Å². The van der Waals surface area contributed by atoms with Gasteiger partial charge in [-0.15, -0.1) is 0 Å². The van der Waals surface area contributed by atoms with E-state index in [0.717, 1.165) is 34.0 Å². The smallest absolute Gasteiger partial charge is 0.238 e. The van der Waals surface area contributed by atoms with Crippen molar-refractivity contribution in [2.24, 2.45) is 5.14 Å². The van der Waals surface area contributed by atoms with Crippen molar-refractivity contribution in [2.45, 2.75) is 11.3 Å². The first kappa shape index (κ1) is 19.9. The van der Waals surface area contributed by atoms with Crippen LogP contribution in [0.25, 0.3) is 16.9 Å². The molecule has 0 bridgehead atoms. The van der Waals surface area contributed by atoms with Gasteiger partial charge in [0, 0.05) is 24.4 Å². The van der Waals surface area contributed by atoms with Crippen LogP contribution in [0.15, 0.2) is 71.8 Å². The number of benzene rings is 2. The van der Waals surface area contributed by atoms with Gasteiger partial charge >= 0.3 is 0 Å². The molecule has 2 aromatic carbocycles. The number of nitrogens with zero attached hydrogens (tertiary/aromatic N) is 3. The Hall–Kier alpha value is -3.43. The summed E-state index contributed by atoms with van der Waals surface area (Å²) in [6, 6.07) is 18.1. The summed E-state index contributed by atoms with van der Waals surface area (Å²) in [4.78, 5) is 4.71. The minimum absolute atomic E-state index is 0.111. The summed E-state index contributed by atoms with van der Waals surface area (Å²) in [6.07, 6.45) is 2.58. The van der Waals surface area contributed by atoms with Crippen LogP contribution >= 0.6 is 0 Å². The van der Waals surface area contributed by atoms with Crippen molar-refractivity contribution in [3.05, 3.63) is 72.4 Å². The highest BCUT2D eigenvalue weighted by Crippen LogP contribution is 2.22. The average Bonchev–Trinajstić information content (AvgIpc) is 3.17. The Morgan fingerprint density at radius 2 is 1.80 bits per heavy atom. The van der Waals surface area contributed by atoms with Crippen molar-refractivity contribution in [1.29, 1.82) is 0 Å². The maximum atomic E-state index is 11.3. The summed E-state index contributed by atoms with van der Waals surface area (Å²) in [5.74, 6) is 1.54. The molecule has 0 saturated heterocycles. The van der Waals surface area contributed by atoms with Gasteiger partial charge in [0.25, 0.3) is 0 Å². The number of ether oxygens (including phenoxy) is 1. The summed E-state index contributed by atoms with van der Waals surface area (Å²) < 4.78 is 29.6. The molecule has 4 aromatic rings. The highest BCUT2D eigenvalue weighted by molar-refractivity contribution is 7.89. The standard InChI is InChI=1S/C21H21N5O3S/c1-29-17-6-4-16(5-7-17)19-14-21-24-20(11-13-26(21)25-19)23-12-10-15-2-8-18(9-3-15)30(22,27)28/h2-9,11,13-14H,10,12H2,1H3,(H,23,24)(H2,22,27,28). The van der Waals surface area contributed by atoms with E-state index in [0.29, 0.717) is 13.0 Å². The summed E-state index contributed by atoms with van der Waals surface area (Å²) >= 11 is 0. The Morgan fingerprint density at radius 3 is 2.47 bits per heavy atom. The minimum Gasteiger partial charge on any atom is -0.497 e. The zero-order valence-corrected chi connectivity index (χ0v) is 17.1. The lowest BCUT2D eigenvalue weighted by Gasteiger charge is -2.06. The second-order valence-electron chi connectivity index (χ2n) is 6.74. The third-order valence-electron chi connectivity index (χ3n) is 4.68. The Labute approximate surface area is 174 Å². The van der Waals surface area contributed by atoms with Crippen molar-refractivity contribution < 1.29 is 13.2 Å². The molecule has 9 heteroatoms. The zero-order chi connectivity index (χ0) is 21.1. The fraction of sp³-hybridized carbons (Fsp3) is 0.143. The maximum absolute atomic E-state index is 11.3. The lowest BCUT2D eigenvalue weighted by atomic mass is 10.1. The number of anilines is 1. The molecule has 2 aromatic heterocycles. The predicted molar refractivity (Wildman–Crippen MR) is 115 cm³/mol. The molecule has 0 fully saturated rings. The van der Waals surface area contributed by atoms with E-state index >= 15 is 0 Å². The normalized spacial score (nSPS) is 11.5. The number of nitrogens with one attached hydrogen (secondary N) is 1. The van der Waals surface area contributed by atoms with Crippen LogP contribution in [0, 0.1) is 0 Å². The Bertz CT molecular complexity index is 1270. The molecule has 154 valence electrons. The third-order valence-corrected chi connectivity index (χ3v) is 5.61. The molecular weight excluding hydrogens is 402 g/mol. The van der Waals surface area contributed by atoms with E-state index in [2.05, 4.69) is 15.4 Å². The monoisotopic (exact) mass is 423 g/mol. The Kier molecular flexibility index (Phi) is 5.39. The lowest BCUT2D eigenvalue weighted by molar-refractivity contribution is 0.415. The molecule has 8 nitrogen and oxygen atoms in total. The van der Waals surface area contributed by atoms with Crippen LogP contribution in [-0.2, 0) is 16.4 Å². The molecule has 0 amide bonds. The Balaban J connectivity index is 1.42. The molecule has 30 heavy (non-hydrogen) atoms. The van der Waals surface area contributed by atoms with E-state index < -0.39 is 10.0 Å². The molecule has 0 aliphatic heterocycles. The number of aromatic nitrogens is 3. The van der Waals surface area contributed by atoms with Crippen LogP contribution in [0.1, 0.15) is 5.56 Å². The van der Waals surface area contributed by atoms with E-state index in [4.69, 9.17) is 9.88 Å². The maximum Gasteiger partial charge on any atom is 0.238 e. The highest BCUT2D eigenvalue weighted by atomic mass is 32.2. The van der Waals surface area contributed by atoms with Gasteiger partial charge in [0.1, 0.15) is 11.6 Å². The quantitative estimate of drug-likeness (QED) is 0.473. The number of nitrogens with two attached hydrogens (primary N) is 1. The first-order valence-corrected chi connectivity index (χ1v) is 10.8. The van der Waals surface area contributed by atoms with Crippen LogP contribution in [0.2, 0.25) is 0 Å². The fourth-order valence-corrected chi connectivity index (χ4v) is 3.58. The van der Waals surface area contributed by atoms with E-state index in [1.807, 2.05) is 42.6 Å². The van der Waals surface area contributed by atoms with E-state index in [9.17, 15) is 8.42 Å². The second kappa shape index (κ2) is 8.13. The van der Waals surface area contributed by atoms with Gasteiger partial charge in [-0.05, 0) is 54.4 Å². The number of hydrogen-bond donors (Lipinski definition) is 2. The topological polar surface area (TPSA) is 112 Å². The highest BCUT2D eigenvalue weighted by Gasteiger charge is 2.08. The van der Waals surface area contributed by atoms with Crippen LogP contribution in [0.4, 0.5) is 5.82 Å². The molecule has 0 atom stereocenters. The molecule has 0 aliphatic rings. The SMILES string of the molecule is COc1ccc(-c2cc3nc(NCCc4ccc(S(N)(=O)=O)cc4)ccn3n2)cc1. The number of sulfonamides is 1. The first-order chi connectivity index (χ1) is 14.4. The molecule has 3 N–H and O–H groups in total. The predicted octanol–water partition coefficient (Wildman–Crippen LogP) is 2.71. The van der Waals surface area contributed by atoms with E-state index in [1.165, 1.54) is 12.1 Å². The van der Waals surface area contributed by atoms with E-state index in [-0.39, 0.29) is 4.90 Å². The number of fused-ring (bicyclic) bond motifs is 1. The molecule has 0 radical (unpaired) electrons. The van der Waals surface area contributed by atoms with Crippen LogP contribution in [0.3, 0.4) is 0 Å².